The lowest BCUT2D eigenvalue weighted by molar-refractivity contribution is 0.0983. The van der Waals surface area contributed by atoms with Gasteiger partial charge in [-0.1, -0.05) is 6.07 Å². The van der Waals surface area contributed by atoms with E-state index in [4.69, 9.17) is 10.5 Å². The van der Waals surface area contributed by atoms with Crippen molar-refractivity contribution in [3.63, 3.8) is 0 Å². The number of benzene rings is 1. The predicted molar refractivity (Wildman–Crippen MR) is 72.0 cm³/mol. The molecule has 18 heavy (non-hydrogen) atoms. The lowest BCUT2D eigenvalue weighted by Gasteiger charge is -2.28. The van der Waals surface area contributed by atoms with E-state index in [2.05, 4.69) is 0 Å². The molecule has 0 atom stereocenters. The van der Waals surface area contributed by atoms with E-state index in [1.165, 1.54) is 4.31 Å². The van der Waals surface area contributed by atoms with Gasteiger partial charge in [-0.3, -0.25) is 4.31 Å². The number of hydrogen-bond donors (Lipinski definition) is 1. The SMILES string of the molecule is CN(c1cccc(N)c1)S(=O)(=O)C1CCOCC1. The van der Waals surface area contributed by atoms with Crippen LogP contribution in [0.5, 0.6) is 0 Å². The topological polar surface area (TPSA) is 72.6 Å². The number of nitrogens with zero attached hydrogens (tertiary/aromatic N) is 1. The maximum absolute atomic E-state index is 12.4. The maximum atomic E-state index is 12.4. The zero-order valence-electron chi connectivity index (χ0n) is 10.4. The predicted octanol–water partition coefficient (Wildman–Crippen LogP) is 1.21. The van der Waals surface area contributed by atoms with Crippen molar-refractivity contribution >= 4 is 21.4 Å². The minimum Gasteiger partial charge on any atom is -0.399 e. The molecule has 0 aromatic heterocycles. The Kier molecular flexibility index (Phi) is 3.77. The summed E-state index contributed by atoms with van der Waals surface area (Å²) < 4.78 is 31.4. The second kappa shape index (κ2) is 5.16. The average molecular weight is 270 g/mol. The van der Waals surface area contributed by atoms with Crippen molar-refractivity contribution in [1.29, 1.82) is 0 Å². The molecule has 1 aliphatic rings. The van der Waals surface area contributed by atoms with E-state index in [1.54, 1.807) is 31.3 Å². The third kappa shape index (κ3) is 2.59. The van der Waals surface area contributed by atoms with Gasteiger partial charge in [0.05, 0.1) is 10.9 Å². The molecule has 0 unspecified atom stereocenters. The molecule has 1 aliphatic heterocycles. The Morgan fingerprint density at radius 1 is 1.33 bits per heavy atom. The molecule has 5 nitrogen and oxygen atoms in total. The maximum Gasteiger partial charge on any atom is 0.237 e. The number of ether oxygens (including phenoxy) is 1. The first-order valence-corrected chi connectivity index (χ1v) is 7.43. The van der Waals surface area contributed by atoms with E-state index in [0.717, 1.165) is 0 Å². The van der Waals surface area contributed by atoms with Gasteiger partial charge in [0.1, 0.15) is 0 Å². The Balaban J connectivity index is 2.23. The van der Waals surface area contributed by atoms with E-state index in [0.29, 0.717) is 37.4 Å². The third-order valence-corrected chi connectivity index (χ3v) is 5.49. The highest BCUT2D eigenvalue weighted by molar-refractivity contribution is 7.93. The summed E-state index contributed by atoms with van der Waals surface area (Å²) in [5.41, 5.74) is 6.83. The molecule has 6 heteroatoms. The minimum atomic E-state index is -3.33. The summed E-state index contributed by atoms with van der Waals surface area (Å²) in [4.78, 5) is 0. The number of rotatable bonds is 3. The Labute approximate surface area is 108 Å². The minimum absolute atomic E-state index is 0.363. The van der Waals surface area contributed by atoms with Gasteiger partial charge in [-0.05, 0) is 31.0 Å². The molecule has 2 N–H and O–H groups in total. The summed E-state index contributed by atoms with van der Waals surface area (Å²) in [6, 6.07) is 6.89. The fraction of sp³-hybridized carbons (Fsp3) is 0.500. The van der Waals surface area contributed by atoms with Crippen molar-refractivity contribution in [2.75, 3.05) is 30.3 Å². The second-order valence-electron chi connectivity index (χ2n) is 4.42. The zero-order valence-corrected chi connectivity index (χ0v) is 11.2. The third-order valence-electron chi connectivity index (χ3n) is 3.21. The highest BCUT2D eigenvalue weighted by Gasteiger charge is 2.31. The van der Waals surface area contributed by atoms with Crippen LogP contribution in [-0.4, -0.2) is 33.9 Å². The van der Waals surface area contributed by atoms with Gasteiger partial charge < -0.3 is 10.5 Å². The van der Waals surface area contributed by atoms with Gasteiger partial charge in [-0.2, -0.15) is 0 Å². The normalized spacial score (nSPS) is 17.6. The second-order valence-corrected chi connectivity index (χ2v) is 6.66. The van der Waals surface area contributed by atoms with Gasteiger partial charge in [0, 0.05) is 25.9 Å². The van der Waals surface area contributed by atoms with Gasteiger partial charge in [-0.25, -0.2) is 8.42 Å². The van der Waals surface area contributed by atoms with Crippen LogP contribution in [0.4, 0.5) is 11.4 Å². The standard InChI is InChI=1S/C12H18N2O3S/c1-14(11-4-2-3-10(13)9-11)18(15,16)12-5-7-17-8-6-12/h2-4,9,12H,5-8,13H2,1H3. The molecule has 1 saturated heterocycles. The molecule has 100 valence electrons. The number of sulfonamides is 1. The Hall–Kier alpha value is -1.27. The fourth-order valence-corrected chi connectivity index (χ4v) is 3.71. The van der Waals surface area contributed by atoms with Crippen LogP contribution in [0, 0.1) is 0 Å². The summed E-state index contributed by atoms with van der Waals surface area (Å²) in [6.07, 6.45) is 1.10. The summed E-state index contributed by atoms with van der Waals surface area (Å²) in [5.74, 6) is 0. The lowest BCUT2D eigenvalue weighted by atomic mass is 10.2. The highest BCUT2D eigenvalue weighted by atomic mass is 32.2. The van der Waals surface area contributed by atoms with E-state index in [9.17, 15) is 8.42 Å². The van der Waals surface area contributed by atoms with Gasteiger partial charge in [-0.15, -0.1) is 0 Å². The number of nitrogen functional groups attached to an aromatic ring is 1. The van der Waals surface area contributed by atoms with Crippen molar-refractivity contribution in [3.8, 4) is 0 Å². The van der Waals surface area contributed by atoms with Crippen molar-refractivity contribution in [3.05, 3.63) is 24.3 Å². The molecule has 0 spiro atoms. The molecule has 0 aliphatic carbocycles. The lowest BCUT2D eigenvalue weighted by Crippen LogP contribution is -2.39. The quantitative estimate of drug-likeness (QED) is 0.838. The van der Waals surface area contributed by atoms with Crippen molar-refractivity contribution in [2.45, 2.75) is 18.1 Å². The first-order valence-electron chi connectivity index (χ1n) is 5.93. The van der Waals surface area contributed by atoms with Gasteiger partial charge in [0.25, 0.3) is 0 Å². The van der Waals surface area contributed by atoms with Crippen molar-refractivity contribution in [1.82, 2.24) is 0 Å². The fourth-order valence-electron chi connectivity index (χ4n) is 2.07. The molecule has 0 saturated carbocycles. The van der Waals surface area contributed by atoms with Crippen LogP contribution in [-0.2, 0) is 14.8 Å². The van der Waals surface area contributed by atoms with Crippen LogP contribution in [0.25, 0.3) is 0 Å². The van der Waals surface area contributed by atoms with Gasteiger partial charge >= 0.3 is 0 Å². The number of hydrogen-bond acceptors (Lipinski definition) is 4. The van der Waals surface area contributed by atoms with Crippen molar-refractivity contribution in [2.24, 2.45) is 0 Å². The van der Waals surface area contributed by atoms with E-state index in [1.807, 2.05) is 0 Å². The molecule has 1 fully saturated rings. The van der Waals surface area contributed by atoms with Crippen LogP contribution >= 0.6 is 0 Å². The number of nitrogens with two attached hydrogens (primary N) is 1. The molecule has 0 bridgehead atoms. The molecule has 1 aromatic rings. The summed E-state index contributed by atoms with van der Waals surface area (Å²) >= 11 is 0. The van der Waals surface area contributed by atoms with Gasteiger partial charge in [0.15, 0.2) is 0 Å². The summed E-state index contributed by atoms with van der Waals surface area (Å²) in [6.45, 7) is 1.02. The van der Waals surface area contributed by atoms with Crippen LogP contribution in [0.3, 0.4) is 0 Å². The molecule has 2 rings (SSSR count). The van der Waals surface area contributed by atoms with Crippen LogP contribution < -0.4 is 10.0 Å². The highest BCUT2D eigenvalue weighted by Crippen LogP contribution is 2.25. The van der Waals surface area contributed by atoms with Gasteiger partial charge in [0.2, 0.25) is 10.0 Å². The van der Waals surface area contributed by atoms with Crippen LogP contribution in [0.1, 0.15) is 12.8 Å². The molecular weight excluding hydrogens is 252 g/mol. The van der Waals surface area contributed by atoms with Crippen LogP contribution in [0.15, 0.2) is 24.3 Å². The Morgan fingerprint density at radius 3 is 2.61 bits per heavy atom. The Bertz CT molecular complexity index is 510. The molecular formula is C12H18N2O3S. The van der Waals surface area contributed by atoms with E-state index < -0.39 is 10.0 Å². The zero-order chi connectivity index (χ0) is 13.2. The first kappa shape index (κ1) is 13.2. The molecule has 0 radical (unpaired) electrons. The summed E-state index contributed by atoms with van der Waals surface area (Å²) in [5, 5.41) is -0.363. The van der Waals surface area contributed by atoms with E-state index >= 15 is 0 Å². The number of anilines is 2. The van der Waals surface area contributed by atoms with Crippen molar-refractivity contribution < 1.29 is 13.2 Å². The monoisotopic (exact) mass is 270 g/mol. The largest absolute Gasteiger partial charge is 0.399 e. The molecule has 1 aromatic carbocycles. The average Bonchev–Trinajstić information content (AvgIpc) is 2.39. The summed E-state index contributed by atoms with van der Waals surface area (Å²) in [7, 11) is -1.77. The molecule has 0 amide bonds. The Morgan fingerprint density at radius 2 is 2.00 bits per heavy atom. The van der Waals surface area contributed by atoms with Crippen LogP contribution in [0.2, 0.25) is 0 Å². The smallest absolute Gasteiger partial charge is 0.237 e. The first-order chi connectivity index (χ1) is 8.51. The molecule has 1 heterocycles. The van der Waals surface area contributed by atoms with E-state index in [-0.39, 0.29) is 5.25 Å².